The fourth-order valence-corrected chi connectivity index (χ4v) is 5.12. The van der Waals surface area contributed by atoms with Crippen LogP contribution in [-0.2, 0) is 9.47 Å². The van der Waals surface area contributed by atoms with Crippen LogP contribution < -0.4 is 33.4 Å². The summed E-state index contributed by atoms with van der Waals surface area (Å²) in [4.78, 5) is 45.2. The number of nitrogens with zero attached hydrogens (tertiary/aromatic N) is 6. The van der Waals surface area contributed by atoms with Gasteiger partial charge in [-0.3, -0.25) is 39.5 Å². The normalized spacial score (nSPS) is 28.7. The Bertz CT molecular complexity index is 1640. The summed E-state index contributed by atoms with van der Waals surface area (Å²) in [5, 5.41) is 31.1. The second kappa shape index (κ2) is 10.2. The predicted octanol–water partition coefficient (Wildman–Crippen LogP) is -3.83. The van der Waals surface area contributed by atoms with Gasteiger partial charge in [0.05, 0.1) is 37.5 Å². The minimum absolute atomic E-state index is 0.0269. The summed E-state index contributed by atoms with van der Waals surface area (Å²) >= 11 is 0. The maximum atomic E-state index is 12.1. The molecule has 0 radical (unpaired) electrons. The molecule has 0 amide bonds. The van der Waals surface area contributed by atoms with E-state index >= 15 is 0 Å². The number of nitrogens with two attached hydrogens (primary N) is 2. The summed E-state index contributed by atoms with van der Waals surface area (Å²) < 4.78 is 14.8. The zero-order chi connectivity index (χ0) is 28.1. The molecule has 0 saturated carbocycles. The van der Waals surface area contributed by atoms with E-state index in [9.17, 15) is 24.9 Å². The Hall–Kier alpha value is -3.98. The summed E-state index contributed by atoms with van der Waals surface area (Å²) in [5.74, 6) is -0.167. The van der Waals surface area contributed by atoms with Crippen LogP contribution in [0, 0.1) is 0 Å². The SMILES string of the molecule is Nc1nc2c(ncn2[C@@H]2O[C@H](CCNN[C@H]3C[C@H](n4cnc5c(=O)[nH]c(N)nc54)O[C@@H]3CO)[C@@H](O)[C@@H]2O)c(=O)[nH]1. The molecule has 214 valence electrons. The van der Waals surface area contributed by atoms with Crippen LogP contribution in [0.15, 0.2) is 22.2 Å². The van der Waals surface area contributed by atoms with Crippen molar-refractivity contribution in [3.8, 4) is 0 Å². The number of imidazole rings is 2. The van der Waals surface area contributed by atoms with Gasteiger partial charge in [0.2, 0.25) is 11.9 Å². The molecule has 19 heteroatoms. The molecular weight excluding hydrogens is 532 g/mol. The van der Waals surface area contributed by atoms with Crippen LogP contribution in [0.5, 0.6) is 0 Å². The second-order valence-electron chi connectivity index (χ2n) is 9.61. The summed E-state index contributed by atoms with van der Waals surface area (Å²) in [6.45, 7) is 0.0503. The number of hydrazine groups is 1. The average molecular weight is 561 g/mol. The van der Waals surface area contributed by atoms with Crippen LogP contribution in [0.3, 0.4) is 0 Å². The van der Waals surface area contributed by atoms with Crippen molar-refractivity contribution in [2.24, 2.45) is 0 Å². The van der Waals surface area contributed by atoms with Crippen molar-refractivity contribution in [3.05, 3.63) is 33.4 Å². The summed E-state index contributed by atoms with van der Waals surface area (Å²) in [6.07, 6.45) is -2.01. The molecule has 2 saturated heterocycles. The molecule has 4 aromatic heterocycles. The highest BCUT2D eigenvalue weighted by atomic mass is 16.6. The van der Waals surface area contributed by atoms with Crippen molar-refractivity contribution < 1.29 is 24.8 Å². The summed E-state index contributed by atoms with van der Waals surface area (Å²) in [6, 6.07) is -0.327. The third-order valence-electron chi connectivity index (χ3n) is 7.08. The topological polar surface area (TPSA) is 282 Å². The Labute approximate surface area is 223 Å². The molecule has 2 aliphatic rings. The Balaban J connectivity index is 1.07. The van der Waals surface area contributed by atoms with Crippen molar-refractivity contribution >= 4 is 34.2 Å². The number of aliphatic hydroxyl groups is 3. The molecule has 4 aromatic rings. The number of hydrogen-bond acceptors (Lipinski definition) is 15. The third kappa shape index (κ3) is 4.48. The predicted molar refractivity (Wildman–Crippen MR) is 136 cm³/mol. The maximum absolute atomic E-state index is 12.1. The van der Waals surface area contributed by atoms with Crippen molar-refractivity contribution in [1.82, 2.24) is 49.9 Å². The first kappa shape index (κ1) is 26.3. The molecule has 2 aliphatic heterocycles. The fourth-order valence-electron chi connectivity index (χ4n) is 5.12. The molecule has 0 aromatic carbocycles. The number of aliphatic hydroxyl groups excluding tert-OH is 3. The van der Waals surface area contributed by atoms with Crippen LogP contribution in [0.25, 0.3) is 22.3 Å². The lowest BCUT2D eigenvalue weighted by Crippen LogP contribution is -2.47. The molecule has 0 spiro atoms. The van der Waals surface area contributed by atoms with E-state index in [0.29, 0.717) is 19.4 Å². The molecule has 19 nitrogen and oxygen atoms in total. The van der Waals surface area contributed by atoms with Gasteiger partial charge in [0, 0.05) is 13.0 Å². The van der Waals surface area contributed by atoms with Gasteiger partial charge in [0.1, 0.15) is 18.4 Å². The number of ether oxygens (including phenoxy) is 2. The number of hydrogen-bond donors (Lipinski definition) is 9. The number of aromatic nitrogens is 8. The van der Waals surface area contributed by atoms with Crippen molar-refractivity contribution in [2.75, 3.05) is 24.6 Å². The van der Waals surface area contributed by atoms with Gasteiger partial charge in [0.15, 0.2) is 28.6 Å². The van der Waals surface area contributed by atoms with Gasteiger partial charge in [-0.05, 0) is 6.42 Å². The number of nitrogens with one attached hydrogen (secondary N) is 4. The highest BCUT2D eigenvalue weighted by Gasteiger charge is 2.44. The molecule has 11 N–H and O–H groups in total. The van der Waals surface area contributed by atoms with Crippen LogP contribution in [-0.4, -0.2) is 98.0 Å². The number of nitrogen functional groups attached to an aromatic ring is 2. The van der Waals surface area contributed by atoms with Gasteiger partial charge < -0.3 is 36.3 Å². The molecule has 2 fully saturated rings. The first-order valence-electron chi connectivity index (χ1n) is 12.5. The van der Waals surface area contributed by atoms with E-state index in [1.54, 1.807) is 4.57 Å². The van der Waals surface area contributed by atoms with Gasteiger partial charge >= 0.3 is 0 Å². The molecule has 6 rings (SSSR count). The van der Waals surface area contributed by atoms with E-state index in [1.165, 1.54) is 17.2 Å². The van der Waals surface area contributed by atoms with E-state index in [4.69, 9.17) is 20.9 Å². The van der Waals surface area contributed by atoms with Gasteiger partial charge in [-0.15, -0.1) is 0 Å². The lowest BCUT2D eigenvalue weighted by atomic mass is 10.1. The number of anilines is 2. The van der Waals surface area contributed by atoms with Gasteiger partial charge in [0.25, 0.3) is 11.1 Å². The highest BCUT2D eigenvalue weighted by molar-refractivity contribution is 5.71. The minimum Gasteiger partial charge on any atom is -0.394 e. The molecule has 7 atom stereocenters. The quantitative estimate of drug-likeness (QED) is 0.0737. The van der Waals surface area contributed by atoms with Crippen molar-refractivity contribution in [2.45, 2.75) is 55.8 Å². The standard InChI is InChI=1S/C21H28N12O7/c22-20-27-15-11(17(37)29-20)24-5-32(15)10-3-7(9(4-34)39-10)31-26-2-1-8-13(35)14(36)19(40-8)33-6-25-12-16(33)28-21(23)30-18(12)38/h5-10,13-14,19,26,31,34-36H,1-4H2,(H3,22,27,29,37)(H3,23,28,30,38)/t7-,8+,9+,10+,13+,14-,19+/m0/s1. The van der Waals surface area contributed by atoms with E-state index < -0.39 is 48.0 Å². The lowest BCUT2D eigenvalue weighted by molar-refractivity contribution is -0.0373. The van der Waals surface area contributed by atoms with Gasteiger partial charge in [-0.25, -0.2) is 9.97 Å². The summed E-state index contributed by atoms with van der Waals surface area (Å²) in [5.41, 5.74) is 17.0. The number of H-pyrrole nitrogens is 2. The Morgan fingerprint density at radius 1 is 0.950 bits per heavy atom. The number of aromatic amines is 2. The summed E-state index contributed by atoms with van der Waals surface area (Å²) in [7, 11) is 0. The second-order valence-corrected chi connectivity index (χ2v) is 9.61. The van der Waals surface area contributed by atoms with Crippen LogP contribution in [0.2, 0.25) is 0 Å². The molecule has 0 aliphatic carbocycles. The Kier molecular flexibility index (Phi) is 6.70. The monoisotopic (exact) mass is 560 g/mol. The zero-order valence-corrected chi connectivity index (χ0v) is 20.8. The Morgan fingerprint density at radius 2 is 1.57 bits per heavy atom. The van der Waals surface area contributed by atoms with Crippen molar-refractivity contribution in [1.29, 1.82) is 0 Å². The zero-order valence-electron chi connectivity index (χ0n) is 20.8. The van der Waals surface area contributed by atoms with E-state index in [-0.39, 0.29) is 46.9 Å². The van der Waals surface area contributed by atoms with E-state index in [0.717, 1.165) is 0 Å². The first-order chi connectivity index (χ1) is 19.2. The minimum atomic E-state index is -1.31. The molecular formula is C21H28N12O7. The van der Waals surface area contributed by atoms with Gasteiger partial charge in [-0.2, -0.15) is 9.97 Å². The molecule has 40 heavy (non-hydrogen) atoms. The molecule has 0 unspecified atom stereocenters. The van der Waals surface area contributed by atoms with Crippen LogP contribution in [0.1, 0.15) is 25.3 Å². The molecule has 6 heterocycles. The van der Waals surface area contributed by atoms with E-state index in [1.807, 2.05) is 0 Å². The largest absolute Gasteiger partial charge is 0.394 e. The van der Waals surface area contributed by atoms with E-state index in [2.05, 4.69) is 40.8 Å². The Morgan fingerprint density at radius 3 is 2.23 bits per heavy atom. The average Bonchev–Trinajstić information content (AvgIpc) is 3.68. The molecule has 0 bridgehead atoms. The highest BCUT2D eigenvalue weighted by Crippen LogP contribution is 2.33. The van der Waals surface area contributed by atoms with Crippen LogP contribution >= 0.6 is 0 Å². The fraction of sp³-hybridized carbons (Fsp3) is 0.524. The van der Waals surface area contributed by atoms with Crippen molar-refractivity contribution in [3.63, 3.8) is 0 Å². The van der Waals surface area contributed by atoms with Gasteiger partial charge in [-0.1, -0.05) is 0 Å². The lowest BCUT2D eigenvalue weighted by Gasteiger charge is -2.19. The number of fused-ring (bicyclic) bond motifs is 2. The number of rotatable bonds is 8. The third-order valence-corrected chi connectivity index (χ3v) is 7.08. The maximum Gasteiger partial charge on any atom is 0.280 e. The first-order valence-corrected chi connectivity index (χ1v) is 12.5. The van der Waals surface area contributed by atoms with Crippen LogP contribution in [0.4, 0.5) is 11.9 Å². The smallest absolute Gasteiger partial charge is 0.280 e.